The first kappa shape index (κ1) is 14.2. The molecule has 0 radical (unpaired) electrons. The molecule has 0 saturated carbocycles. The summed E-state index contributed by atoms with van der Waals surface area (Å²) in [5, 5.41) is 0.808. The second kappa shape index (κ2) is 6.20. The van der Waals surface area contributed by atoms with Crippen LogP contribution in [0, 0.1) is 13.8 Å². The molecule has 1 aromatic rings. The molecule has 0 aliphatic rings. The topological polar surface area (TPSA) is 20.3 Å². The average molecular weight is 298 g/mol. The summed E-state index contributed by atoms with van der Waals surface area (Å²) in [6.45, 7) is 6.14. The Hall–Kier alpha value is -0.830. The van der Waals surface area contributed by atoms with Gasteiger partial charge in [-0.1, -0.05) is 39.7 Å². The first-order chi connectivity index (χ1) is 7.95. The molecule has 1 rings (SSSR count). The monoisotopic (exact) mass is 297 g/mol. The van der Waals surface area contributed by atoms with Crippen LogP contribution in [0.5, 0.6) is 0 Å². The van der Waals surface area contributed by atoms with Gasteiger partial charge >= 0.3 is 0 Å². The Bertz CT molecular complexity index is 403. The van der Waals surface area contributed by atoms with Crippen molar-refractivity contribution in [1.82, 2.24) is 4.90 Å². The highest BCUT2D eigenvalue weighted by molar-refractivity contribution is 9.09. The van der Waals surface area contributed by atoms with Gasteiger partial charge in [-0.25, -0.2) is 0 Å². The number of nitrogens with zero attached hydrogens (tertiary/aromatic N) is 1. The quantitative estimate of drug-likeness (QED) is 0.782. The van der Waals surface area contributed by atoms with Crippen molar-refractivity contribution in [3.63, 3.8) is 0 Å². The standard InChI is InChI=1S/C14H20BrNO/c1-10-5-6-11(2)13(7-10)8-14(17)16(4)12(3)9-15/h5-7,12H,8-9H2,1-4H3. The number of amides is 1. The summed E-state index contributed by atoms with van der Waals surface area (Å²) in [6, 6.07) is 6.48. The maximum atomic E-state index is 12.1. The number of hydrogen-bond donors (Lipinski definition) is 0. The molecule has 17 heavy (non-hydrogen) atoms. The van der Waals surface area contributed by atoms with Crippen LogP contribution >= 0.6 is 15.9 Å². The number of halogens is 1. The Kier molecular flexibility index (Phi) is 5.19. The molecule has 0 aliphatic carbocycles. The molecule has 1 atom stereocenters. The van der Waals surface area contributed by atoms with Gasteiger partial charge in [-0.3, -0.25) is 4.79 Å². The maximum absolute atomic E-state index is 12.1. The molecule has 0 spiro atoms. The fourth-order valence-electron chi connectivity index (χ4n) is 1.63. The number of alkyl halides is 1. The number of carbonyl (C=O) groups excluding carboxylic acids is 1. The molecule has 0 aliphatic heterocycles. The molecule has 1 unspecified atom stereocenters. The van der Waals surface area contributed by atoms with Gasteiger partial charge < -0.3 is 4.90 Å². The Morgan fingerprint density at radius 3 is 2.65 bits per heavy atom. The summed E-state index contributed by atoms with van der Waals surface area (Å²) in [4.78, 5) is 13.9. The first-order valence-corrected chi connectivity index (χ1v) is 6.95. The SMILES string of the molecule is Cc1ccc(C)c(CC(=O)N(C)C(C)CBr)c1. The van der Waals surface area contributed by atoms with E-state index in [2.05, 4.69) is 48.0 Å². The molecule has 0 heterocycles. The zero-order valence-corrected chi connectivity index (χ0v) is 12.5. The lowest BCUT2D eigenvalue weighted by molar-refractivity contribution is -0.130. The highest BCUT2D eigenvalue weighted by Gasteiger charge is 2.15. The van der Waals surface area contributed by atoms with Crippen LogP contribution in [0.4, 0.5) is 0 Å². The summed E-state index contributed by atoms with van der Waals surface area (Å²) in [5.74, 6) is 0.172. The molecule has 0 bridgehead atoms. The minimum absolute atomic E-state index is 0.172. The van der Waals surface area contributed by atoms with Crippen LogP contribution in [-0.2, 0) is 11.2 Å². The summed E-state index contributed by atoms with van der Waals surface area (Å²) in [7, 11) is 1.86. The normalized spacial score (nSPS) is 12.3. The molecule has 0 aromatic heterocycles. The molecule has 1 amide bonds. The van der Waals surface area contributed by atoms with E-state index in [1.54, 1.807) is 4.90 Å². The van der Waals surface area contributed by atoms with E-state index in [-0.39, 0.29) is 11.9 Å². The molecule has 3 heteroatoms. The van der Waals surface area contributed by atoms with Crippen LogP contribution in [0.3, 0.4) is 0 Å². The molecule has 2 nitrogen and oxygen atoms in total. The Labute approximate surface area is 112 Å². The first-order valence-electron chi connectivity index (χ1n) is 5.83. The zero-order chi connectivity index (χ0) is 13.0. The van der Waals surface area contributed by atoms with Crippen LogP contribution in [0.2, 0.25) is 0 Å². The van der Waals surface area contributed by atoms with Crippen molar-refractivity contribution in [3.05, 3.63) is 34.9 Å². The van der Waals surface area contributed by atoms with Crippen molar-refractivity contribution >= 4 is 21.8 Å². The van der Waals surface area contributed by atoms with Gasteiger partial charge in [0.05, 0.1) is 6.42 Å². The van der Waals surface area contributed by atoms with Gasteiger partial charge in [-0.2, -0.15) is 0 Å². The molecular weight excluding hydrogens is 278 g/mol. The Morgan fingerprint density at radius 2 is 2.06 bits per heavy atom. The van der Waals surface area contributed by atoms with E-state index >= 15 is 0 Å². The van der Waals surface area contributed by atoms with E-state index in [0.29, 0.717) is 6.42 Å². The minimum atomic E-state index is 0.172. The van der Waals surface area contributed by atoms with Gasteiger partial charge in [0.25, 0.3) is 0 Å². The molecule has 0 saturated heterocycles. The number of hydrogen-bond acceptors (Lipinski definition) is 1. The molecule has 0 N–H and O–H groups in total. The van der Waals surface area contributed by atoms with Crippen molar-refractivity contribution in [2.75, 3.05) is 12.4 Å². The fraction of sp³-hybridized carbons (Fsp3) is 0.500. The number of carbonyl (C=O) groups is 1. The third kappa shape index (κ3) is 3.84. The van der Waals surface area contributed by atoms with E-state index in [9.17, 15) is 4.79 Å². The van der Waals surface area contributed by atoms with Crippen LogP contribution in [0.25, 0.3) is 0 Å². The summed E-state index contributed by atoms with van der Waals surface area (Å²) in [6.07, 6.45) is 0.487. The van der Waals surface area contributed by atoms with Crippen molar-refractivity contribution in [1.29, 1.82) is 0 Å². The second-order valence-electron chi connectivity index (χ2n) is 4.61. The predicted octanol–water partition coefficient (Wildman–Crippen LogP) is 3.09. The Balaban J connectivity index is 2.77. The van der Waals surface area contributed by atoms with E-state index < -0.39 is 0 Å². The predicted molar refractivity (Wildman–Crippen MR) is 75.6 cm³/mol. The van der Waals surface area contributed by atoms with E-state index in [0.717, 1.165) is 10.9 Å². The van der Waals surface area contributed by atoms with Crippen molar-refractivity contribution in [3.8, 4) is 0 Å². The second-order valence-corrected chi connectivity index (χ2v) is 5.26. The largest absolute Gasteiger partial charge is 0.342 e. The Morgan fingerprint density at radius 1 is 1.41 bits per heavy atom. The van der Waals surface area contributed by atoms with Crippen molar-refractivity contribution in [2.45, 2.75) is 33.2 Å². The van der Waals surface area contributed by atoms with Crippen LogP contribution in [0.1, 0.15) is 23.6 Å². The highest BCUT2D eigenvalue weighted by Crippen LogP contribution is 2.13. The lowest BCUT2D eigenvalue weighted by atomic mass is 10.0. The van der Waals surface area contributed by atoms with Gasteiger partial charge in [0, 0.05) is 18.4 Å². The number of rotatable bonds is 4. The lowest BCUT2D eigenvalue weighted by Crippen LogP contribution is -2.37. The minimum Gasteiger partial charge on any atom is -0.342 e. The number of benzene rings is 1. The molecule has 0 fully saturated rings. The molecule has 94 valence electrons. The maximum Gasteiger partial charge on any atom is 0.227 e. The van der Waals surface area contributed by atoms with Gasteiger partial charge in [0.1, 0.15) is 0 Å². The third-order valence-electron chi connectivity index (χ3n) is 3.12. The molecular formula is C14H20BrNO. The smallest absolute Gasteiger partial charge is 0.227 e. The van der Waals surface area contributed by atoms with Gasteiger partial charge in [-0.05, 0) is 31.9 Å². The lowest BCUT2D eigenvalue weighted by Gasteiger charge is -2.23. The van der Waals surface area contributed by atoms with Gasteiger partial charge in [0.2, 0.25) is 5.91 Å². The van der Waals surface area contributed by atoms with E-state index in [1.807, 2.05) is 14.0 Å². The highest BCUT2D eigenvalue weighted by atomic mass is 79.9. The molecule has 1 aromatic carbocycles. The zero-order valence-electron chi connectivity index (χ0n) is 11.0. The third-order valence-corrected chi connectivity index (χ3v) is 4.06. The van der Waals surface area contributed by atoms with Crippen molar-refractivity contribution < 1.29 is 4.79 Å². The van der Waals surface area contributed by atoms with Crippen molar-refractivity contribution in [2.24, 2.45) is 0 Å². The van der Waals surface area contributed by atoms with E-state index in [4.69, 9.17) is 0 Å². The summed E-state index contributed by atoms with van der Waals surface area (Å²) >= 11 is 3.40. The van der Waals surface area contributed by atoms with Gasteiger partial charge in [-0.15, -0.1) is 0 Å². The van der Waals surface area contributed by atoms with Crippen LogP contribution < -0.4 is 0 Å². The number of aryl methyl sites for hydroxylation is 2. The fourth-order valence-corrected chi connectivity index (χ4v) is 2.06. The number of likely N-dealkylation sites (N-methyl/N-ethyl adjacent to an activating group) is 1. The average Bonchev–Trinajstić information content (AvgIpc) is 2.31. The summed E-state index contributed by atoms with van der Waals surface area (Å²) < 4.78 is 0. The van der Waals surface area contributed by atoms with Crippen LogP contribution in [-0.4, -0.2) is 29.2 Å². The van der Waals surface area contributed by atoms with Crippen LogP contribution in [0.15, 0.2) is 18.2 Å². The van der Waals surface area contributed by atoms with E-state index in [1.165, 1.54) is 11.1 Å². The summed E-state index contributed by atoms with van der Waals surface area (Å²) in [5.41, 5.74) is 3.52. The van der Waals surface area contributed by atoms with Gasteiger partial charge in [0.15, 0.2) is 0 Å².